The molecular weight excluding hydrogens is 256 g/mol. The van der Waals surface area contributed by atoms with Crippen LogP contribution in [0, 0.1) is 0 Å². The van der Waals surface area contributed by atoms with Gasteiger partial charge >= 0.3 is 5.97 Å². The monoisotopic (exact) mass is 278 g/mol. The zero-order valence-electron chi connectivity index (χ0n) is 12.1. The third-order valence-corrected chi connectivity index (χ3v) is 3.12. The van der Waals surface area contributed by atoms with Crippen molar-refractivity contribution in [3.63, 3.8) is 0 Å². The second kappa shape index (κ2) is 8.32. The standard InChI is InChI=1S/C15H22N2O3/c1-3-16(12-15(19)20)11-14(18)17(4-2)10-13-8-6-5-7-9-13/h5-9H,3-4,10-12H2,1-2H3,(H,19,20). The molecule has 0 aliphatic carbocycles. The summed E-state index contributed by atoms with van der Waals surface area (Å²) in [5.41, 5.74) is 1.07. The molecule has 1 rings (SSSR count). The molecule has 110 valence electrons. The minimum absolute atomic E-state index is 0.0422. The van der Waals surface area contributed by atoms with Gasteiger partial charge in [-0.25, -0.2) is 0 Å². The summed E-state index contributed by atoms with van der Waals surface area (Å²) in [5, 5.41) is 8.79. The van der Waals surface area contributed by atoms with E-state index >= 15 is 0 Å². The predicted molar refractivity (Wildman–Crippen MR) is 77.3 cm³/mol. The van der Waals surface area contributed by atoms with Gasteiger partial charge in [0.1, 0.15) is 0 Å². The molecule has 0 aliphatic heterocycles. The number of hydrogen-bond acceptors (Lipinski definition) is 3. The Morgan fingerprint density at radius 2 is 1.70 bits per heavy atom. The Bertz CT molecular complexity index is 434. The van der Waals surface area contributed by atoms with E-state index in [0.717, 1.165) is 5.56 Å². The van der Waals surface area contributed by atoms with Gasteiger partial charge in [0.25, 0.3) is 0 Å². The number of hydrogen-bond donors (Lipinski definition) is 1. The van der Waals surface area contributed by atoms with Crippen molar-refractivity contribution in [2.45, 2.75) is 20.4 Å². The van der Waals surface area contributed by atoms with Crippen LogP contribution < -0.4 is 0 Å². The maximum Gasteiger partial charge on any atom is 0.317 e. The Morgan fingerprint density at radius 1 is 1.05 bits per heavy atom. The Kier molecular flexibility index (Phi) is 6.73. The number of likely N-dealkylation sites (N-methyl/N-ethyl adjacent to an activating group) is 2. The molecule has 1 aromatic carbocycles. The highest BCUT2D eigenvalue weighted by atomic mass is 16.4. The average molecular weight is 278 g/mol. The van der Waals surface area contributed by atoms with Crippen molar-refractivity contribution in [2.24, 2.45) is 0 Å². The molecule has 0 bridgehead atoms. The van der Waals surface area contributed by atoms with Gasteiger partial charge in [-0.1, -0.05) is 37.3 Å². The summed E-state index contributed by atoms with van der Waals surface area (Å²) in [5.74, 6) is -0.954. The zero-order valence-corrected chi connectivity index (χ0v) is 12.1. The van der Waals surface area contributed by atoms with Gasteiger partial charge in [-0.2, -0.15) is 0 Å². The second-order valence-electron chi connectivity index (χ2n) is 4.59. The van der Waals surface area contributed by atoms with E-state index in [9.17, 15) is 9.59 Å². The van der Waals surface area contributed by atoms with Gasteiger partial charge in [0, 0.05) is 13.1 Å². The quantitative estimate of drug-likeness (QED) is 0.781. The molecule has 0 fully saturated rings. The molecule has 0 saturated carbocycles. The van der Waals surface area contributed by atoms with E-state index in [0.29, 0.717) is 19.6 Å². The van der Waals surface area contributed by atoms with Crippen LogP contribution in [0.25, 0.3) is 0 Å². The average Bonchev–Trinajstić information content (AvgIpc) is 2.44. The molecule has 0 heterocycles. The number of nitrogens with zero attached hydrogens (tertiary/aromatic N) is 2. The molecule has 0 saturated heterocycles. The van der Waals surface area contributed by atoms with Crippen molar-refractivity contribution in [1.29, 1.82) is 0 Å². The first-order valence-electron chi connectivity index (χ1n) is 6.82. The molecule has 1 amide bonds. The van der Waals surface area contributed by atoms with Crippen molar-refractivity contribution >= 4 is 11.9 Å². The number of carboxylic acids is 1. The van der Waals surface area contributed by atoms with E-state index in [-0.39, 0.29) is 19.0 Å². The number of benzene rings is 1. The van der Waals surface area contributed by atoms with Gasteiger partial charge in [-0.3, -0.25) is 14.5 Å². The van der Waals surface area contributed by atoms with Crippen LogP contribution in [0.1, 0.15) is 19.4 Å². The van der Waals surface area contributed by atoms with Crippen molar-refractivity contribution in [3.8, 4) is 0 Å². The largest absolute Gasteiger partial charge is 0.480 e. The van der Waals surface area contributed by atoms with Gasteiger partial charge in [0.2, 0.25) is 5.91 Å². The van der Waals surface area contributed by atoms with E-state index < -0.39 is 5.97 Å². The van der Waals surface area contributed by atoms with Gasteiger partial charge in [0.15, 0.2) is 0 Å². The highest BCUT2D eigenvalue weighted by molar-refractivity contribution is 5.79. The lowest BCUT2D eigenvalue weighted by atomic mass is 10.2. The van der Waals surface area contributed by atoms with E-state index in [2.05, 4.69) is 0 Å². The Balaban J connectivity index is 2.60. The molecular formula is C15H22N2O3. The fourth-order valence-corrected chi connectivity index (χ4v) is 1.94. The molecule has 0 aliphatic rings. The van der Waals surface area contributed by atoms with Crippen LogP contribution in [0.2, 0.25) is 0 Å². The van der Waals surface area contributed by atoms with Gasteiger partial charge < -0.3 is 10.0 Å². The fourth-order valence-electron chi connectivity index (χ4n) is 1.94. The van der Waals surface area contributed by atoms with Crippen molar-refractivity contribution in [3.05, 3.63) is 35.9 Å². The molecule has 0 atom stereocenters. The SMILES string of the molecule is CCN(CC(=O)O)CC(=O)N(CC)Cc1ccccc1. The first-order valence-corrected chi connectivity index (χ1v) is 6.82. The topological polar surface area (TPSA) is 60.9 Å². The van der Waals surface area contributed by atoms with E-state index in [4.69, 9.17) is 5.11 Å². The van der Waals surface area contributed by atoms with Gasteiger partial charge in [-0.15, -0.1) is 0 Å². The van der Waals surface area contributed by atoms with E-state index in [1.54, 1.807) is 9.80 Å². The summed E-state index contributed by atoms with van der Waals surface area (Å²) >= 11 is 0. The first kappa shape index (κ1) is 16.2. The van der Waals surface area contributed by atoms with Gasteiger partial charge in [-0.05, 0) is 19.0 Å². The number of carbonyl (C=O) groups is 2. The second-order valence-corrected chi connectivity index (χ2v) is 4.59. The summed E-state index contributed by atoms with van der Waals surface area (Å²) in [6, 6.07) is 9.77. The van der Waals surface area contributed by atoms with Crippen molar-refractivity contribution < 1.29 is 14.7 Å². The van der Waals surface area contributed by atoms with Crippen LogP contribution in [-0.4, -0.2) is 53.0 Å². The van der Waals surface area contributed by atoms with E-state index in [1.807, 2.05) is 44.2 Å². The molecule has 5 nitrogen and oxygen atoms in total. The minimum Gasteiger partial charge on any atom is -0.480 e. The summed E-state index contributed by atoms with van der Waals surface area (Å²) in [6.07, 6.45) is 0. The molecule has 0 radical (unpaired) electrons. The Labute approximate surface area is 119 Å². The van der Waals surface area contributed by atoms with Crippen LogP contribution in [0.4, 0.5) is 0 Å². The summed E-state index contributed by atoms with van der Waals surface area (Å²) in [6.45, 7) is 5.52. The fraction of sp³-hybridized carbons (Fsp3) is 0.467. The number of carbonyl (C=O) groups excluding carboxylic acids is 1. The van der Waals surface area contributed by atoms with Crippen LogP contribution in [0.3, 0.4) is 0 Å². The summed E-state index contributed by atoms with van der Waals surface area (Å²) < 4.78 is 0. The molecule has 0 unspecified atom stereocenters. The van der Waals surface area contributed by atoms with Crippen molar-refractivity contribution in [1.82, 2.24) is 9.80 Å². The molecule has 0 aromatic heterocycles. The lowest BCUT2D eigenvalue weighted by molar-refractivity contribution is -0.139. The van der Waals surface area contributed by atoms with Crippen molar-refractivity contribution in [2.75, 3.05) is 26.2 Å². The molecule has 20 heavy (non-hydrogen) atoms. The highest BCUT2D eigenvalue weighted by Gasteiger charge is 2.17. The van der Waals surface area contributed by atoms with Crippen LogP contribution in [-0.2, 0) is 16.1 Å². The highest BCUT2D eigenvalue weighted by Crippen LogP contribution is 2.05. The van der Waals surface area contributed by atoms with Crippen LogP contribution in [0.5, 0.6) is 0 Å². The van der Waals surface area contributed by atoms with Gasteiger partial charge in [0.05, 0.1) is 13.1 Å². The maximum atomic E-state index is 12.2. The lowest BCUT2D eigenvalue weighted by Crippen LogP contribution is -2.41. The third-order valence-electron chi connectivity index (χ3n) is 3.12. The summed E-state index contributed by atoms with van der Waals surface area (Å²) in [7, 11) is 0. The predicted octanol–water partition coefficient (Wildman–Crippen LogP) is 1.44. The smallest absolute Gasteiger partial charge is 0.317 e. The van der Waals surface area contributed by atoms with Crippen LogP contribution >= 0.6 is 0 Å². The number of amides is 1. The molecule has 1 N–H and O–H groups in total. The number of aliphatic carboxylic acids is 1. The van der Waals surface area contributed by atoms with E-state index in [1.165, 1.54) is 0 Å². The lowest BCUT2D eigenvalue weighted by Gasteiger charge is -2.25. The maximum absolute atomic E-state index is 12.2. The summed E-state index contributed by atoms with van der Waals surface area (Å²) in [4.78, 5) is 26.3. The van der Waals surface area contributed by atoms with Crippen LogP contribution in [0.15, 0.2) is 30.3 Å². The number of carboxylic acid groups (broad SMARTS) is 1. The Hall–Kier alpha value is -1.88. The molecule has 0 spiro atoms. The minimum atomic E-state index is -0.911. The molecule has 5 heteroatoms. The molecule has 1 aromatic rings. The Morgan fingerprint density at radius 3 is 2.20 bits per heavy atom. The third kappa shape index (κ3) is 5.40. The zero-order chi connectivity index (χ0) is 15.0. The normalized spacial score (nSPS) is 10.6. The first-order chi connectivity index (χ1) is 9.56. The number of rotatable bonds is 8.